The maximum atomic E-state index is 3.22. The summed E-state index contributed by atoms with van der Waals surface area (Å²) in [5.41, 5.74) is 0. The van der Waals surface area contributed by atoms with Crippen LogP contribution in [0.15, 0.2) is 0 Å². The Bertz CT molecular complexity index is 130. The molecule has 1 atom stereocenters. The molecule has 0 saturated heterocycles. The van der Waals surface area contributed by atoms with Crippen LogP contribution in [0.3, 0.4) is 0 Å². The zero-order valence-corrected chi connectivity index (χ0v) is 9.34. The predicted octanol–water partition coefficient (Wildman–Crippen LogP) is 1.86. The number of hydrogen-bond acceptors (Lipinski definition) is 2. The van der Waals surface area contributed by atoms with Crippen LogP contribution in [0.2, 0.25) is 0 Å². The van der Waals surface area contributed by atoms with E-state index in [1.165, 1.54) is 32.1 Å². The Hall–Kier alpha value is -0.0800. The molecule has 2 heteroatoms. The van der Waals surface area contributed by atoms with Gasteiger partial charge in [-0.15, -0.1) is 0 Å². The average molecular weight is 184 g/mol. The van der Waals surface area contributed by atoms with Gasteiger partial charge in [0, 0.05) is 12.1 Å². The van der Waals surface area contributed by atoms with Crippen molar-refractivity contribution in [2.75, 3.05) is 20.6 Å². The second-order valence-corrected chi connectivity index (χ2v) is 4.34. The Morgan fingerprint density at radius 2 is 2.00 bits per heavy atom. The molecule has 1 N–H and O–H groups in total. The van der Waals surface area contributed by atoms with Crippen LogP contribution < -0.4 is 5.32 Å². The minimum Gasteiger partial charge on any atom is -0.320 e. The molecule has 1 saturated carbocycles. The smallest absolute Gasteiger partial charge is 0.00950 e. The number of nitrogens with one attached hydrogen (secondary N) is 1. The third-order valence-corrected chi connectivity index (χ3v) is 3.41. The summed E-state index contributed by atoms with van der Waals surface area (Å²) in [5.74, 6) is 0. The summed E-state index contributed by atoms with van der Waals surface area (Å²) in [4.78, 5) is 2.57. The zero-order chi connectivity index (χ0) is 9.68. The highest BCUT2D eigenvalue weighted by molar-refractivity contribution is 4.78. The minimum atomic E-state index is 0.732. The van der Waals surface area contributed by atoms with E-state index in [0.717, 1.165) is 18.6 Å². The predicted molar refractivity (Wildman–Crippen MR) is 58.0 cm³/mol. The van der Waals surface area contributed by atoms with Crippen LogP contribution in [0, 0.1) is 0 Å². The molecular formula is C11H24N2. The molecule has 0 aliphatic heterocycles. The van der Waals surface area contributed by atoms with Gasteiger partial charge in [-0.2, -0.15) is 0 Å². The number of rotatable bonds is 5. The summed E-state index contributed by atoms with van der Waals surface area (Å²) in [7, 11) is 4.32. The monoisotopic (exact) mass is 184 g/mol. The Labute approximate surface area is 82.7 Å². The van der Waals surface area contributed by atoms with E-state index >= 15 is 0 Å². The van der Waals surface area contributed by atoms with Crippen LogP contribution in [0.5, 0.6) is 0 Å². The quantitative estimate of drug-likeness (QED) is 0.701. The van der Waals surface area contributed by atoms with Gasteiger partial charge in [-0.25, -0.2) is 0 Å². The molecule has 0 amide bonds. The summed E-state index contributed by atoms with van der Waals surface area (Å²) in [6, 6.07) is 1.60. The molecule has 13 heavy (non-hydrogen) atoms. The van der Waals surface area contributed by atoms with Gasteiger partial charge in [0.1, 0.15) is 0 Å². The van der Waals surface area contributed by atoms with E-state index in [2.05, 4.69) is 24.2 Å². The molecule has 0 bridgehead atoms. The first kappa shape index (κ1) is 11.0. The van der Waals surface area contributed by atoms with Gasteiger partial charge in [0.05, 0.1) is 0 Å². The van der Waals surface area contributed by atoms with Crippen LogP contribution >= 0.6 is 0 Å². The lowest BCUT2D eigenvalue weighted by molar-refractivity contribution is 0.178. The first-order valence-corrected chi connectivity index (χ1v) is 5.62. The Morgan fingerprint density at radius 3 is 2.54 bits per heavy atom. The molecule has 0 spiro atoms. The van der Waals surface area contributed by atoms with Crippen LogP contribution in [0.1, 0.15) is 39.0 Å². The van der Waals surface area contributed by atoms with Crippen LogP contribution in [-0.4, -0.2) is 37.6 Å². The van der Waals surface area contributed by atoms with E-state index in [4.69, 9.17) is 0 Å². The largest absolute Gasteiger partial charge is 0.320 e. The molecule has 0 aromatic carbocycles. The van der Waals surface area contributed by atoms with E-state index in [1.54, 1.807) is 0 Å². The van der Waals surface area contributed by atoms with E-state index in [0.29, 0.717) is 0 Å². The van der Waals surface area contributed by atoms with Gasteiger partial charge in [-0.1, -0.05) is 12.8 Å². The van der Waals surface area contributed by atoms with Gasteiger partial charge in [-0.05, 0) is 46.8 Å². The highest BCUT2D eigenvalue weighted by Crippen LogP contribution is 2.24. The molecule has 78 valence electrons. The fraction of sp³-hybridized carbons (Fsp3) is 1.00. The van der Waals surface area contributed by atoms with Gasteiger partial charge in [0.25, 0.3) is 0 Å². The zero-order valence-electron chi connectivity index (χ0n) is 9.34. The lowest BCUT2D eigenvalue weighted by atomic mass is 10.1. The van der Waals surface area contributed by atoms with Crippen LogP contribution in [0.25, 0.3) is 0 Å². The van der Waals surface area contributed by atoms with Crippen molar-refractivity contribution in [3.63, 3.8) is 0 Å². The van der Waals surface area contributed by atoms with Crippen molar-refractivity contribution >= 4 is 0 Å². The first-order chi connectivity index (χ1) is 6.25. The Kier molecular flexibility index (Phi) is 4.74. The molecule has 1 unspecified atom stereocenters. The molecular weight excluding hydrogens is 160 g/mol. The Balaban J connectivity index is 2.23. The molecule has 1 aliphatic rings. The van der Waals surface area contributed by atoms with Crippen molar-refractivity contribution in [2.45, 2.75) is 51.1 Å². The van der Waals surface area contributed by atoms with Crippen molar-refractivity contribution in [1.29, 1.82) is 0 Å². The summed E-state index contributed by atoms with van der Waals surface area (Å²) in [6.07, 6.45) is 6.98. The van der Waals surface area contributed by atoms with Gasteiger partial charge in [-0.3, -0.25) is 0 Å². The molecule has 0 heterocycles. The summed E-state index contributed by atoms with van der Waals surface area (Å²) in [6.45, 7) is 3.48. The van der Waals surface area contributed by atoms with Crippen LogP contribution in [0.4, 0.5) is 0 Å². The normalized spacial score (nSPS) is 21.2. The fourth-order valence-electron chi connectivity index (χ4n) is 2.23. The number of nitrogens with zero attached hydrogens (tertiary/aromatic N) is 1. The molecule has 0 aromatic rings. The molecule has 0 aromatic heterocycles. The first-order valence-electron chi connectivity index (χ1n) is 5.62. The van der Waals surface area contributed by atoms with Crippen molar-refractivity contribution in [3.8, 4) is 0 Å². The number of hydrogen-bond donors (Lipinski definition) is 1. The molecule has 1 rings (SSSR count). The van der Waals surface area contributed by atoms with Crippen molar-refractivity contribution in [1.82, 2.24) is 10.2 Å². The van der Waals surface area contributed by atoms with Crippen molar-refractivity contribution in [2.24, 2.45) is 0 Å². The molecule has 0 radical (unpaired) electrons. The maximum absolute atomic E-state index is 3.22. The standard InChI is InChI=1S/C11H24N2/c1-10(8-9-12-2)13(3)11-6-4-5-7-11/h10-12H,4-9H2,1-3H3. The van der Waals surface area contributed by atoms with Gasteiger partial charge in [0.15, 0.2) is 0 Å². The fourth-order valence-corrected chi connectivity index (χ4v) is 2.23. The third-order valence-electron chi connectivity index (χ3n) is 3.41. The third kappa shape index (κ3) is 3.28. The van der Waals surface area contributed by atoms with Gasteiger partial charge >= 0.3 is 0 Å². The van der Waals surface area contributed by atoms with Gasteiger partial charge in [0.2, 0.25) is 0 Å². The van der Waals surface area contributed by atoms with E-state index in [-0.39, 0.29) is 0 Å². The average Bonchev–Trinajstić information content (AvgIpc) is 2.65. The van der Waals surface area contributed by atoms with Crippen molar-refractivity contribution in [3.05, 3.63) is 0 Å². The minimum absolute atomic E-state index is 0.732. The topological polar surface area (TPSA) is 15.3 Å². The summed E-state index contributed by atoms with van der Waals surface area (Å²) in [5, 5.41) is 3.22. The second-order valence-electron chi connectivity index (χ2n) is 4.34. The molecule has 1 aliphatic carbocycles. The summed E-state index contributed by atoms with van der Waals surface area (Å²) < 4.78 is 0. The highest BCUT2D eigenvalue weighted by Gasteiger charge is 2.22. The molecule has 2 nitrogen and oxygen atoms in total. The van der Waals surface area contributed by atoms with Gasteiger partial charge < -0.3 is 10.2 Å². The van der Waals surface area contributed by atoms with Crippen molar-refractivity contribution < 1.29 is 0 Å². The second kappa shape index (κ2) is 5.61. The highest BCUT2D eigenvalue weighted by atomic mass is 15.2. The maximum Gasteiger partial charge on any atom is 0.00950 e. The lowest BCUT2D eigenvalue weighted by Gasteiger charge is -2.30. The molecule has 1 fully saturated rings. The summed E-state index contributed by atoms with van der Waals surface area (Å²) >= 11 is 0. The van der Waals surface area contributed by atoms with E-state index < -0.39 is 0 Å². The van der Waals surface area contributed by atoms with E-state index in [9.17, 15) is 0 Å². The lowest BCUT2D eigenvalue weighted by Crippen LogP contribution is -2.38. The van der Waals surface area contributed by atoms with E-state index in [1.807, 2.05) is 7.05 Å². The van der Waals surface area contributed by atoms with Crippen LogP contribution in [-0.2, 0) is 0 Å². The Morgan fingerprint density at radius 1 is 1.38 bits per heavy atom. The SMILES string of the molecule is CNCCC(C)N(C)C1CCCC1.